The maximum Gasteiger partial charge on any atom is 0.328 e. The minimum Gasteiger partial charge on any atom is -0.496 e. The first kappa shape index (κ1) is 11.8. The minimum atomic E-state index is -0.963. The van der Waals surface area contributed by atoms with Crippen LogP contribution in [0, 0.1) is 0 Å². The molecule has 0 saturated carbocycles. The molecule has 0 unspecified atom stereocenters. The van der Waals surface area contributed by atoms with E-state index < -0.39 is 5.97 Å². The molecule has 0 aliphatic rings. The Hall–Kier alpha value is -1.29. The summed E-state index contributed by atoms with van der Waals surface area (Å²) in [7, 11) is 1.56. The van der Waals surface area contributed by atoms with Gasteiger partial charge in [-0.05, 0) is 11.6 Å². The summed E-state index contributed by atoms with van der Waals surface area (Å²) in [4.78, 5) is 10.6. The maximum absolute atomic E-state index is 10.6. The summed E-state index contributed by atoms with van der Waals surface area (Å²) in [6, 6.07) is 7.31. The molecule has 0 radical (unpaired) electrons. The van der Waals surface area contributed by atoms with Gasteiger partial charge in [0.25, 0.3) is 0 Å². The van der Waals surface area contributed by atoms with Crippen LogP contribution in [0.15, 0.2) is 30.3 Å². The Morgan fingerprint density at radius 3 is 2.73 bits per heavy atom. The van der Waals surface area contributed by atoms with Gasteiger partial charge in [-0.15, -0.1) is 0 Å². The SMILES string of the molecule is COc1ccccc1/C(=C/C(=O)O)CBr. The topological polar surface area (TPSA) is 46.5 Å². The number of para-hydroxylation sites is 1. The Bertz CT molecular complexity index is 385. The fraction of sp³-hybridized carbons (Fsp3) is 0.182. The number of carboxylic acid groups (broad SMARTS) is 1. The van der Waals surface area contributed by atoms with Crippen molar-refractivity contribution in [1.29, 1.82) is 0 Å². The van der Waals surface area contributed by atoms with Crippen LogP contribution in [0.5, 0.6) is 5.75 Å². The second kappa shape index (κ2) is 5.56. The standard InChI is InChI=1S/C11H11BrO3/c1-15-10-5-3-2-4-9(10)8(7-12)6-11(13)14/h2-6H,7H2,1H3,(H,13,14)/b8-6+. The van der Waals surface area contributed by atoms with Crippen LogP contribution in [-0.2, 0) is 4.79 Å². The average molecular weight is 271 g/mol. The first-order valence-electron chi connectivity index (χ1n) is 4.32. The Kier molecular flexibility index (Phi) is 4.37. The van der Waals surface area contributed by atoms with Crippen molar-refractivity contribution in [3.8, 4) is 5.75 Å². The number of alkyl halides is 1. The van der Waals surface area contributed by atoms with E-state index in [1.54, 1.807) is 13.2 Å². The Morgan fingerprint density at radius 2 is 2.20 bits per heavy atom. The third-order valence-electron chi connectivity index (χ3n) is 1.89. The summed E-state index contributed by atoms with van der Waals surface area (Å²) >= 11 is 3.26. The number of rotatable bonds is 4. The number of ether oxygens (including phenoxy) is 1. The smallest absolute Gasteiger partial charge is 0.328 e. The average Bonchev–Trinajstić information content (AvgIpc) is 2.25. The van der Waals surface area contributed by atoms with Crippen molar-refractivity contribution in [3.63, 3.8) is 0 Å². The molecule has 1 rings (SSSR count). The summed E-state index contributed by atoms with van der Waals surface area (Å²) in [6.45, 7) is 0. The minimum absolute atomic E-state index is 0.472. The van der Waals surface area contributed by atoms with E-state index >= 15 is 0 Å². The zero-order chi connectivity index (χ0) is 11.3. The lowest BCUT2D eigenvalue weighted by Crippen LogP contribution is -1.96. The van der Waals surface area contributed by atoms with E-state index in [4.69, 9.17) is 9.84 Å². The van der Waals surface area contributed by atoms with Gasteiger partial charge in [0, 0.05) is 17.0 Å². The quantitative estimate of drug-likeness (QED) is 0.676. The first-order valence-corrected chi connectivity index (χ1v) is 5.44. The van der Waals surface area contributed by atoms with Gasteiger partial charge in [-0.2, -0.15) is 0 Å². The van der Waals surface area contributed by atoms with Gasteiger partial charge in [0.15, 0.2) is 0 Å². The molecule has 3 nitrogen and oxygen atoms in total. The monoisotopic (exact) mass is 270 g/mol. The molecule has 0 aliphatic carbocycles. The number of hydrogen-bond acceptors (Lipinski definition) is 2. The zero-order valence-corrected chi connectivity index (χ0v) is 9.82. The highest BCUT2D eigenvalue weighted by atomic mass is 79.9. The van der Waals surface area contributed by atoms with Gasteiger partial charge < -0.3 is 9.84 Å². The molecule has 0 fully saturated rings. The zero-order valence-electron chi connectivity index (χ0n) is 8.24. The van der Waals surface area contributed by atoms with Crippen LogP contribution in [-0.4, -0.2) is 23.5 Å². The normalized spacial score (nSPS) is 11.2. The number of carbonyl (C=O) groups is 1. The van der Waals surface area contributed by atoms with Crippen LogP contribution in [0.3, 0.4) is 0 Å². The van der Waals surface area contributed by atoms with Crippen LogP contribution in [0.1, 0.15) is 5.56 Å². The maximum atomic E-state index is 10.6. The highest BCUT2D eigenvalue weighted by Crippen LogP contribution is 2.26. The number of allylic oxidation sites excluding steroid dienone is 1. The molecule has 0 spiro atoms. The van der Waals surface area contributed by atoms with E-state index in [0.717, 1.165) is 5.56 Å². The van der Waals surface area contributed by atoms with Crippen molar-refractivity contribution >= 4 is 27.5 Å². The third-order valence-corrected chi connectivity index (χ3v) is 2.50. The van der Waals surface area contributed by atoms with Gasteiger partial charge in [0.05, 0.1) is 7.11 Å². The summed E-state index contributed by atoms with van der Waals surface area (Å²) in [5.74, 6) is -0.292. The Balaban J connectivity index is 3.17. The van der Waals surface area contributed by atoms with E-state index in [-0.39, 0.29) is 0 Å². The van der Waals surface area contributed by atoms with Crippen molar-refractivity contribution in [2.45, 2.75) is 0 Å². The highest BCUT2D eigenvalue weighted by molar-refractivity contribution is 9.09. The fourth-order valence-corrected chi connectivity index (χ4v) is 1.71. The lowest BCUT2D eigenvalue weighted by Gasteiger charge is -2.08. The molecule has 1 N–H and O–H groups in total. The molecule has 0 saturated heterocycles. The number of halogens is 1. The molecular weight excluding hydrogens is 260 g/mol. The van der Waals surface area contributed by atoms with Crippen LogP contribution in [0.4, 0.5) is 0 Å². The van der Waals surface area contributed by atoms with E-state index in [2.05, 4.69) is 15.9 Å². The lowest BCUT2D eigenvalue weighted by atomic mass is 10.1. The molecule has 0 aliphatic heterocycles. The number of hydrogen-bond donors (Lipinski definition) is 1. The molecule has 80 valence electrons. The van der Waals surface area contributed by atoms with E-state index in [1.807, 2.05) is 18.2 Å². The van der Waals surface area contributed by atoms with Crippen molar-refractivity contribution in [1.82, 2.24) is 0 Å². The predicted molar refractivity (Wildman–Crippen MR) is 62.4 cm³/mol. The first-order chi connectivity index (χ1) is 7.19. The largest absolute Gasteiger partial charge is 0.496 e. The molecule has 0 heterocycles. The molecule has 0 amide bonds. The van der Waals surface area contributed by atoms with Crippen LogP contribution < -0.4 is 4.74 Å². The van der Waals surface area contributed by atoms with E-state index in [0.29, 0.717) is 16.7 Å². The highest BCUT2D eigenvalue weighted by Gasteiger charge is 2.07. The summed E-state index contributed by atoms with van der Waals surface area (Å²) in [5, 5.41) is 9.17. The molecule has 0 atom stereocenters. The van der Waals surface area contributed by atoms with E-state index in [9.17, 15) is 4.79 Å². The molecular formula is C11H11BrO3. The van der Waals surface area contributed by atoms with Crippen LogP contribution in [0.2, 0.25) is 0 Å². The number of benzene rings is 1. The number of methoxy groups -OCH3 is 1. The molecule has 15 heavy (non-hydrogen) atoms. The summed E-state index contributed by atoms with van der Waals surface area (Å²) in [6.07, 6.45) is 1.17. The summed E-state index contributed by atoms with van der Waals surface area (Å²) < 4.78 is 5.16. The van der Waals surface area contributed by atoms with Gasteiger partial charge >= 0.3 is 5.97 Å². The van der Waals surface area contributed by atoms with Gasteiger partial charge in [-0.1, -0.05) is 34.1 Å². The molecule has 4 heteroatoms. The molecule has 1 aromatic carbocycles. The second-order valence-corrected chi connectivity index (χ2v) is 3.40. The number of carboxylic acids is 1. The van der Waals surface area contributed by atoms with Gasteiger partial charge in [-0.25, -0.2) is 4.79 Å². The molecule has 0 bridgehead atoms. The van der Waals surface area contributed by atoms with Crippen molar-refractivity contribution in [2.75, 3.05) is 12.4 Å². The van der Waals surface area contributed by atoms with Gasteiger partial charge in [-0.3, -0.25) is 0 Å². The van der Waals surface area contributed by atoms with Crippen LogP contribution >= 0.6 is 15.9 Å². The van der Waals surface area contributed by atoms with Gasteiger partial charge in [0.2, 0.25) is 0 Å². The predicted octanol–water partition coefficient (Wildman–Crippen LogP) is 2.56. The van der Waals surface area contributed by atoms with Crippen LogP contribution in [0.25, 0.3) is 5.57 Å². The second-order valence-electron chi connectivity index (χ2n) is 2.84. The third kappa shape index (κ3) is 3.09. The van der Waals surface area contributed by atoms with Crippen molar-refractivity contribution < 1.29 is 14.6 Å². The molecule has 1 aromatic rings. The van der Waals surface area contributed by atoms with Crippen molar-refractivity contribution in [3.05, 3.63) is 35.9 Å². The Morgan fingerprint density at radius 1 is 1.53 bits per heavy atom. The fourth-order valence-electron chi connectivity index (χ4n) is 1.25. The Labute approximate surface area is 96.5 Å². The van der Waals surface area contributed by atoms with E-state index in [1.165, 1.54) is 6.08 Å². The number of aliphatic carboxylic acids is 1. The summed E-state index contributed by atoms with van der Waals surface area (Å²) in [5.41, 5.74) is 1.47. The molecule has 0 aromatic heterocycles. The van der Waals surface area contributed by atoms with Crippen molar-refractivity contribution in [2.24, 2.45) is 0 Å². The lowest BCUT2D eigenvalue weighted by molar-refractivity contribution is -0.131. The van der Waals surface area contributed by atoms with Gasteiger partial charge in [0.1, 0.15) is 5.75 Å².